The zero-order valence-electron chi connectivity index (χ0n) is 10.8. The Labute approximate surface area is 107 Å². The van der Waals surface area contributed by atoms with Gasteiger partial charge in [0, 0.05) is 20.1 Å². The smallest absolute Gasteiger partial charge is 0.326 e. The molecule has 0 bridgehead atoms. The van der Waals surface area contributed by atoms with Crippen molar-refractivity contribution < 1.29 is 19.4 Å². The molecule has 0 heterocycles. The van der Waals surface area contributed by atoms with E-state index in [1.165, 1.54) is 7.11 Å². The summed E-state index contributed by atoms with van der Waals surface area (Å²) in [4.78, 5) is 23.2. The normalized spacial score (nSPS) is 18.5. The Kier molecular flexibility index (Phi) is 5.34. The van der Waals surface area contributed by atoms with E-state index in [2.05, 4.69) is 11.9 Å². The van der Waals surface area contributed by atoms with Gasteiger partial charge in [0.05, 0.1) is 5.41 Å². The standard InChI is InChI=1S/C13H21NO4/c1-3-6-13(7-4-8-13)12(17)14-10(11(15)16)5-9-18-2/h3,10H,1,4-9H2,2H3,(H,14,17)(H,15,16). The van der Waals surface area contributed by atoms with Crippen molar-refractivity contribution in [3.63, 3.8) is 0 Å². The summed E-state index contributed by atoms with van der Waals surface area (Å²) < 4.78 is 4.85. The topological polar surface area (TPSA) is 75.6 Å². The molecule has 5 heteroatoms. The van der Waals surface area contributed by atoms with Crippen molar-refractivity contribution in [2.45, 2.75) is 38.1 Å². The Morgan fingerprint density at radius 3 is 2.61 bits per heavy atom. The number of rotatable bonds is 8. The molecule has 0 radical (unpaired) electrons. The zero-order valence-corrected chi connectivity index (χ0v) is 10.8. The second-order valence-electron chi connectivity index (χ2n) is 4.77. The fourth-order valence-corrected chi connectivity index (χ4v) is 2.21. The highest BCUT2D eigenvalue weighted by Crippen LogP contribution is 2.44. The maximum absolute atomic E-state index is 12.2. The minimum atomic E-state index is -1.02. The van der Waals surface area contributed by atoms with Gasteiger partial charge in [0.1, 0.15) is 6.04 Å². The highest BCUT2D eigenvalue weighted by molar-refractivity contribution is 5.88. The summed E-state index contributed by atoms with van der Waals surface area (Å²) in [6.45, 7) is 3.97. The van der Waals surface area contributed by atoms with Crippen molar-refractivity contribution in [2.24, 2.45) is 5.41 Å². The van der Waals surface area contributed by atoms with Crippen LogP contribution in [-0.4, -0.2) is 36.7 Å². The molecule has 2 N–H and O–H groups in total. The molecule has 1 atom stereocenters. The summed E-state index contributed by atoms with van der Waals surface area (Å²) in [5.41, 5.74) is -0.428. The molecule has 0 aromatic heterocycles. The van der Waals surface area contributed by atoms with Crippen LogP contribution in [0.1, 0.15) is 32.1 Å². The Hall–Kier alpha value is -1.36. The zero-order chi connectivity index (χ0) is 13.6. The van der Waals surface area contributed by atoms with Gasteiger partial charge in [-0.1, -0.05) is 12.5 Å². The van der Waals surface area contributed by atoms with Crippen molar-refractivity contribution in [3.05, 3.63) is 12.7 Å². The number of allylic oxidation sites excluding steroid dienone is 1. The molecule has 0 spiro atoms. The maximum atomic E-state index is 12.2. The van der Waals surface area contributed by atoms with Crippen LogP contribution in [0.25, 0.3) is 0 Å². The van der Waals surface area contributed by atoms with E-state index in [-0.39, 0.29) is 12.3 Å². The van der Waals surface area contributed by atoms with Crippen LogP contribution >= 0.6 is 0 Å². The average molecular weight is 255 g/mol. The van der Waals surface area contributed by atoms with Gasteiger partial charge in [0.15, 0.2) is 0 Å². The number of nitrogens with one attached hydrogen (secondary N) is 1. The molecule has 18 heavy (non-hydrogen) atoms. The van der Waals surface area contributed by atoms with E-state index < -0.39 is 17.4 Å². The lowest BCUT2D eigenvalue weighted by Crippen LogP contribution is -2.51. The summed E-state index contributed by atoms with van der Waals surface area (Å²) in [6.07, 6.45) is 5.24. The lowest BCUT2D eigenvalue weighted by atomic mass is 9.66. The predicted octanol–water partition coefficient (Wildman–Crippen LogP) is 1.34. The van der Waals surface area contributed by atoms with Crippen LogP contribution in [0.15, 0.2) is 12.7 Å². The first-order valence-electron chi connectivity index (χ1n) is 6.19. The van der Waals surface area contributed by atoms with E-state index in [1.807, 2.05) is 0 Å². The van der Waals surface area contributed by atoms with Gasteiger partial charge in [-0.25, -0.2) is 4.79 Å². The number of methoxy groups -OCH3 is 1. The summed E-state index contributed by atoms with van der Waals surface area (Å²) in [7, 11) is 1.51. The number of aliphatic carboxylic acids is 1. The first-order valence-corrected chi connectivity index (χ1v) is 6.19. The van der Waals surface area contributed by atoms with E-state index in [0.717, 1.165) is 19.3 Å². The molecule has 1 saturated carbocycles. The second-order valence-corrected chi connectivity index (χ2v) is 4.77. The molecule has 1 aliphatic carbocycles. The number of amides is 1. The predicted molar refractivity (Wildman–Crippen MR) is 67.2 cm³/mol. The molecule has 0 aromatic carbocycles. The molecule has 1 amide bonds. The summed E-state index contributed by atoms with van der Waals surface area (Å²) >= 11 is 0. The molecule has 102 valence electrons. The fraction of sp³-hybridized carbons (Fsp3) is 0.692. The Morgan fingerprint density at radius 1 is 1.56 bits per heavy atom. The molecule has 1 fully saturated rings. The second kappa shape index (κ2) is 6.54. The van der Waals surface area contributed by atoms with E-state index in [4.69, 9.17) is 9.84 Å². The van der Waals surface area contributed by atoms with E-state index in [1.54, 1.807) is 6.08 Å². The maximum Gasteiger partial charge on any atom is 0.326 e. The van der Waals surface area contributed by atoms with Gasteiger partial charge < -0.3 is 15.2 Å². The number of carboxylic acids is 1. The van der Waals surface area contributed by atoms with E-state index in [9.17, 15) is 9.59 Å². The van der Waals surface area contributed by atoms with Gasteiger partial charge >= 0.3 is 5.97 Å². The fourth-order valence-electron chi connectivity index (χ4n) is 2.21. The van der Waals surface area contributed by atoms with Crippen LogP contribution in [0.5, 0.6) is 0 Å². The number of hydrogen-bond acceptors (Lipinski definition) is 3. The highest BCUT2D eigenvalue weighted by Gasteiger charge is 2.43. The minimum Gasteiger partial charge on any atom is -0.480 e. The summed E-state index contributed by atoms with van der Waals surface area (Å²) in [5, 5.41) is 11.7. The minimum absolute atomic E-state index is 0.169. The first-order chi connectivity index (χ1) is 8.55. The molecule has 0 aliphatic heterocycles. The number of hydrogen-bond donors (Lipinski definition) is 2. The van der Waals surface area contributed by atoms with Crippen LogP contribution in [-0.2, 0) is 14.3 Å². The molecule has 5 nitrogen and oxygen atoms in total. The monoisotopic (exact) mass is 255 g/mol. The molecule has 0 aromatic rings. The third-order valence-electron chi connectivity index (χ3n) is 3.54. The number of ether oxygens (including phenoxy) is 1. The van der Waals surface area contributed by atoms with Crippen molar-refractivity contribution in [2.75, 3.05) is 13.7 Å². The third-order valence-corrected chi connectivity index (χ3v) is 3.54. The van der Waals surface area contributed by atoms with Crippen molar-refractivity contribution >= 4 is 11.9 Å². The van der Waals surface area contributed by atoms with Gasteiger partial charge in [-0.15, -0.1) is 6.58 Å². The van der Waals surface area contributed by atoms with Gasteiger partial charge in [-0.2, -0.15) is 0 Å². The Bertz CT molecular complexity index is 323. The quantitative estimate of drug-likeness (QED) is 0.642. The van der Waals surface area contributed by atoms with E-state index in [0.29, 0.717) is 13.0 Å². The molecule has 0 saturated heterocycles. The van der Waals surface area contributed by atoms with Crippen LogP contribution in [0, 0.1) is 5.41 Å². The lowest BCUT2D eigenvalue weighted by Gasteiger charge is -2.40. The molecular weight excluding hydrogens is 234 g/mol. The molecule has 1 aliphatic rings. The van der Waals surface area contributed by atoms with Crippen molar-refractivity contribution in [3.8, 4) is 0 Å². The molecular formula is C13H21NO4. The van der Waals surface area contributed by atoms with Gasteiger partial charge in [-0.05, 0) is 19.3 Å². The van der Waals surface area contributed by atoms with Gasteiger partial charge in [0.25, 0.3) is 0 Å². The van der Waals surface area contributed by atoms with Crippen LogP contribution in [0.2, 0.25) is 0 Å². The largest absolute Gasteiger partial charge is 0.480 e. The molecule has 1 unspecified atom stereocenters. The van der Waals surface area contributed by atoms with Crippen LogP contribution in [0.4, 0.5) is 0 Å². The summed E-state index contributed by atoms with van der Waals surface area (Å²) in [6, 6.07) is -0.875. The molecule has 1 rings (SSSR count). The van der Waals surface area contributed by atoms with Gasteiger partial charge in [-0.3, -0.25) is 4.79 Å². The first kappa shape index (κ1) is 14.7. The van der Waals surface area contributed by atoms with Crippen molar-refractivity contribution in [1.82, 2.24) is 5.32 Å². The van der Waals surface area contributed by atoms with Crippen molar-refractivity contribution in [1.29, 1.82) is 0 Å². The number of carboxylic acid groups (broad SMARTS) is 1. The number of carbonyl (C=O) groups is 2. The SMILES string of the molecule is C=CCC1(C(=O)NC(CCOC)C(=O)O)CCC1. The average Bonchev–Trinajstić information content (AvgIpc) is 2.28. The Morgan fingerprint density at radius 2 is 2.22 bits per heavy atom. The number of carbonyl (C=O) groups excluding carboxylic acids is 1. The van der Waals surface area contributed by atoms with E-state index >= 15 is 0 Å². The van der Waals surface area contributed by atoms with Gasteiger partial charge in [0.2, 0.25) is 5.91 Å². The third kappa shape index (κ3) is 3.32. The van der Waals surface area contributed by atoms with Crippen LogP contribution < -0.4 is 5.32 Å². The highest BCUT2D eigenvalue weighted by atomic mass is 16.5. The van der Waals surface area contributed by atoms with Crippen LogP contribution in [0.3, 0.4) is 0 Å². The Balaban J connectivity index is 2.59. The summed E-state index contributed by atoms with van der Waals surface area (Å²) in [5.74, 6) is -1.19. The lowest BCUT2D eigenvalue weighted by molar-refractivity contribution is -0.146.